The Morgan fingerprint density at radius 1 is 0.417 bits per heavy atom. The van der Waals surface area contributed by atoms with Gasteiger partial charge in [-0.05, 0) is 71.3 Å². The van der Waals surface area contributed by atoms with Crippen LogP contribution in [0.3, 0.4) is 0 Å². The predicted molar refractivity (Wildman–Crippen MR) is 195 cm³/mol. The highest BCUT2D eigenvalue weighted by atomic mass is 15.0. The lowest BCUT2D eigenvalue weighted by Crippen LogP contribution is -2.01. The molecule has 0 spiro atoms. The van der Waals surface area contributed by atoms with Crippen molar-refractivity contribution in [3.63, 3.8) is 0 Å². The maximum absolute atomic E-state index is 11.0. The van der Waals surface area contributed by atoms with Crippen LogP contribution in [0.4, 0.5) is 0 Å². The largest absolute Gasteiger partial charge is 0.309 e. The molecule has 0 saturated carbocycles. The Balaban J connectivity index is 1.36. The average Bonchev–Trinajstić information content (AvgIpc) is 3.68. The summed E-state index contributed by atoms with van der Waals surface area (Å²) in [7, 11) is 0. The number of nitriles is 2. The molecule has 0 radical (unpaired) electrons. The van der Waals surface area contributed by atoms with E-state index in [2.05, 4.69) is 130 Å². The third kappa shape index (κ3) is 4.07. The van der Waals surface area contributed by atoms with E-state index in [4.69, 9.17) is 0 Å². The standard InChI is InChI=1S/C44H26N4/c45-27-31-15-11-23-42-44(31)36-19-6-9-22-41(36)48(42)43-26-32(29-12-2-1-3-13-29)25-37(38(43)28-46)30-14-10-16-33(24-30)47-39-20-7-4-17-34(39)35-18-5-8-21-40(35)47/h1-26H. The van der Waals surface area contributed by atoms with Gasteiger partial charge in [-0.2, -0.15) is 10.5 Å². The first kappa shape index (κ1) is 27.4. The van der Waals surface area contributed by atoms with Gasteiger partial charge in [-0.15, -0.1) is 0 Å². The van der Waals surface area contributed by atoms with Crippen molar-refractivity contribution in [2.24, 2.45) is 0 Å². The van der Waals surface area contributed by atoms with Gasteiger partial charge in [-0.3, -0.25) is 0 Å². The Hall–Kier alpha value is -6.88. The molecule has 0 aliphatic carbocycles. The number of fused-ring (bicyclic) bond motifs is 6. The monoisotopic (exact) mass is 610 g/mol. The normalized spacial score (nSPS) is 11.3. The van der Waals surface area contributed by atoms with Crippen LogP contribution in [0.2, 0.25) is 0 Å². The van der Waals surface area contributed by atoms with E-state index in [1.54, 1.807) is 0 Å². The second kappa shape index (κ2) is 10.9. The molecule has 4 heteroatoms. The summed E-state index contributed by atoms with van der Waals surface area (Å²) < 4.78 is 4.45. The minimum atomic E-state index is 0.569. The van der Waals surface area contributed by atoms with Crippen molar-refractivity contribution in [3.8, 4) is 45.8 Å². The molecular weight excluding hydrogens is 585 g/mol. The van der Waals surface area contributed by atoms with Gasteiger partial charge in [-0.25, -0.2) is 0 Å². The van der Waals surface area contributed by atoms with Gasteiger partial charge in [0.2, 0.25) is 0 Å². The van der Waals surface area contributed by atoms with Crippen molar-refractivity contribution in [1.29, 1.82) is 10.5 Å². The summed E-state index contributed by atoms with van der Waals surface area (Å²) in [6.45, 7) is 0. The van der Waals surface area contributed by atoms with Crippen molar-refractivity contribution < 1.29 is 0 Å². The molecule has 7 aromatic carbocycles. The molecule has 0 saturated heterocycles. The quantitative estimate of drug-likeness (QED) is 0.199. The third-order valence-corrected chi connectivity index (χ3v) is 9.39. The Bertz CT molecular complexity index is 2750. The highest BCUT2D eigenvalue weighted by Gasteiger charge is 2.21. The minimum absolute atomic E-state index is 0.569. The van der Waals surface area contributed by atoms with Gasteiger partial charge >= 0.3 is 0 Å². The highest BCUT2D eigenvalue weighted by molar-refractivity contribution is 6.12. The summed E-state index contributed by atoms with van der Waals surface area (Å²) in [5, 5.41) is 25.3. The lowest BCUT2D eigenvalue weighted by atomic mass is 9.93. The van der Waals surface area contributed by atoms with Gasteiger partial charge in [0.1, 0.15) is 6.07 Å². The van der Waals surface area contributed by atoms with Crippen molar-refractivity contribution in [2.75, 3.05) is 0 Å². The van der Waals surface area contributed by atoms with Crippen LogP contribution in [-0.4, -0.2) is 9.13 Å². The molecule has 0 amide bonds. The van der Waals surface area contributed by atoms with Gasteiger partial charge in [0.25, 0.3) is 0 Å². The second-order valence-corrected chi connectivity index (χ2v) is 12.0. The van der Waals surface area contributed by atoms with Crippen LogP contribution in [0, 0.1) is 22.7 Å². The van der Waals surface area contributed by atoms with Gasteiger partial charge in [0.05, 0.1) is 45.0 Å². The van der Waals surface area contributed by atoms with Crippen molar-refractivity contribution in [2.45, 2.75) is 0 Å². The van der Waals surface area contributed by atoms with E-state index >= 15 is 0 Å². The van der Waals surface area contributed by atoms with Crippen LogP contribution in [0.1, 0.15) is 11.1 Å². The van der Waals surface area contributed by atoms with Crippen LogP contribution in [0.15, 0.2) is 158 Å². The maximum Gasteiger partial charge on any atom is 0.102 e. The zero-order valence-electron chi connectivity index (χ0n) is 25.8. The molecular formula is C44H26N4. The number of benzene rings is 7. The summed E-state index contributed by atoms with van der Waals surface area (Å²) in [5.74, 6) is 0. The number of nitrogens with zero attached hydrogens (tertiary/aromatic N) is 4. The van der Waals surface area contributed by atoms with E-state index in [1.807, 2.05) is 48.5 Å². The smallest absolute Gasteiger partial charge is 0.102 e. The SMILES string of the molecule is N#Cc1c(-c2cccc(-n3c4ccccc4c4ccccc43)c2)cc(-c2ccccc2)cc1-n1c2ccccc2c2c(C#N)cccc21. The fourth-order valence-electron chi connectivity index (χ4n) is 7.33. The summed E-state index contributed by atoms with van der Waals surface area (Å²) in [5.41, 5.74) is 10.9. The summed E-state index contributed by atoms with van der Waals surface area (Å²) in [4.78, 5) is 0. The molecule has 222 valence electrons. The average molecular weight is 611 g/mol. The number of rotatable bonds is 4. The number of para-hydroxylation sites is 3. The molecule has 48 heavy (non-hydrogen) atoms. The molecule has 9 aromatic rings. The van der Waals surface area contributed by atoms with Crippen molar-refractivity contribution in [1.82, 2.24) is 9.13 Å². The number of aromatic nitrogens is 2. The fourth-order valence-corrected chi connectivity index (χ4v) is 7.33. The van der Waals surface area contributed by atoms with Crippen LogP contribution in [0.25, 0.3) is 77.2 Å². The van der Waals surface area contributed by atoms with Crippen LogP contribution in [0.5, 0.6) is 0 Å². The first-order valence-corrected chi connectivity index (χ1v) is 15.9. The van der Waals surface area contributed by atoms with Crippen LogP contribution < -0.4 is 0 Å². The van der Waals surface area contributed by atoms with Crippen LogP contribution in [-0.2, 0) is 0 Å². The van der Waals surface area contributed by atoms with Gasteiger partial charge in [0, 0.05) is 32.8 Å². The first-order valence-electron chi connectivity index (χ1n) is 15.9. The van der Waals surface area contributed by atoms with Gasteiger partial charge in [-0.1, -0.05) is 103 Å². The van der Waals surface area contributed by atoms with E-state index < -0.39 is 0 Å². The molecule has 0 N–H and O–H groups in total. The maximum atomic E-state index is 11.0. The third-order valence-electron chi connectivity index (χ3n) is 9.39. The Kier molecular flexibility index (Phi) is 6.22. The van der Waals surface area contributed by atoms with E-state index in [9.17, 15) is 10.5 Å². The van der Waals surface area contributed by atoms with E-state index in [0.29, 0.717) is 11.1 Å². The Morgan fingerprint density at radius 2 is 1.00 bits per heavy atom. The summed E-state index contributed by atoms with van der Waals surface area (Å²) in [6.07, 6.45) is 0. The Labute approximate surface area is 277 Å². The van der Waals surface area contributed by atoms with Crippen molar-refractivity contribution >= 4 is 43.6 Å². The lowest BCUT2D eigenvalue weighted by Gasteiger charge is -2.17. The minimum Gasteiger partial charge on any atom is -0.309 e. The molecule has 0 bridgehead atoms. The molecule has 2 aromatic heterocycles. The molecule has 0 aliphatic heterocycles. The molecule has 0 atom stereocenters. The highest BCUT2D eigenvalue weighted by Crippen LogP contribution is 2.40. The van der Waals surface area contributed by atoms with E-state index in [0.717, 1.165) is 66.5 Å². The first-order chi connectivity index (χ1) is 23.7. The van der Waals surface area contributed by atoms with E-state index in [-0.39, 0.29) is 0 Å². The van der Waals surface area contributed by atoms with Crippen molar-refractivity contribution in [3.05, 3.63) is 169 Å². The zero-order valence-corrected chi connectivity index (χ0v) is 25.8. The molecule has 0 unspecified atom stereocenters. The molecule has 9 rings (SSSR count). The number of hydrogen-bond acceptors (Lipinski definition) is 2. The Morgan fingerprint density at radius 3 is 1.69 bits per heavy atom. The van der Waals surface area contributed by atoms with E-state index in [1.165, 1.54) is 10.8 Å². The molecule has 0 fully saturated rings. The predicted octanol–water partition coefficient (Wildman–Crippen LogP) is 11.0. The fraction of sp³-hybridized carbons (Fsp3) is 0. The molecule has 0 aliphatic rings. The molecule has 2 heterocycles. The second-order valence-electron chi connectivity index (χ2n) is 12.0. The van der Waals surface area contributed by atoms with Crippen LogP contribution >= 0.6 is 0 Å². The van der Waals surface area contributed by atoms with Gasteiger partial charge < -0.3 is 9.13 Å². The summed E-state index contributed by atoms with van der Waals surface area (Å²) >= 11 is 0. The number of hydrogen-bond donors (Lipinski definition) is 0. The summed E-state index contributed by atoms with van der Waals surface area (Å²) in [6, 6.07) is 58.9. The topological polar surface area (TPSA) is 57.4 Å². The lowest BCUT2D eigenvalue weighted by molar-refractivity contribution is 1.16. The van der Waals surface area contributed by atoms with Gasteiger partial charge in [0.15, 0.2) is 0 Å². The zero-order chi connectivity index (χ0) is 32.2. The molecule has 4 nitrogen and oxygen atoms in total.